The lowest BCUT2D eigenvalue weighted by Gasteiger charge is -2.13. The van der Waals surface area contributed by atoms with E-state index in [4.69, 9.17) is 0 Å². The van der Waals surface area contributed by atoms with Crippen LogP contribution in [-0.2, 0) is 5.75 Å². The van der Waals surface area contributed by atoms with Gasteiger partial charge in [-0.05, 0) is 36.4 Å². The molecule has 0 bridgehead atoms. The molecule has 0 saturated carbocycles. The molecule has 0 radical (unpaired) electrons. The maximum absolute atomic E-state index is 14.4. The van der Waals surface area contributed by atoms with Crippen LogP contribution in [0.25, 0.3) is 16.6 Å². The van der Waals surface area contributed by atoms with Gasteiger partial charge in [-0.2, -0.15) is 11.8 Å². The first-order chi connectivity index (χ1) is 12.2. The molecule has 4 rings (SSSR count). The molecule has 0 amide bonds. The standard InChI is InChI=1S/C19H17FN4S/c1-12-5-3-4-6-15(12)22-19-18-9-21-11-24(18)17-7-13(10-25-2)14(20)8-16(17)23-19/h3-9,11H,10H2,1-2H3,(H,22,23). The number of benzene rings is 2. The number of hydrogen-bond donors (Lipinski definition) is 1. The maximum Gasteiger partial charge on any atom is 0.157 e. The van der Waals surface area contributed by atoms with E-state index in [2.05, 4.69) is 15.3 Å². The number of para-hydroxylation sites is 1. The van der Waals surface area contributed by atoms with Gasteiger partial charge < -0.3 is 5.32 Å². The van der Waals surface area contributed by atoms with Crippen LogP contribution in [0.1, 0.15) is 11.1 Å². The molecule has 4 nitrogen and oxygen atoms in total. The number of nitrogens with one attached hydrogen (secondary N) is 1. The Morgan fingerprint density at radius 2 is 2.04 bits per heavy atom. The summed E-state index contributed by atoms with van der Waals surface area (Å²) >= 11 is 1.59. The van der Waals surface area contributed by atoms with Gasteiger partial charge in [0, 0.05) is 17.5 Å². The van der Waals surface area contributed by atoms with E-state index in [1.807, 2.05) is 47.9 Å². The molecule has 6 heteroatoms. The summed E-state index contributed by atoms with van der Waals surface area (Å²) in [5, 5.41) is 3.35. The molecule has 25 heavy (non-hydrogen) atoms. The highest BCUT2D eigenvalue weighted by Gasteiger charge is 2.13. The Kier molecular flexibility index (Phi) is 4.05. The lowest BCUT2D eigenvalue weighted by atomic mass is 10.2. The van der Waals surface area contributed by atoms with Crippen molar-refractivity contribution in [2.24, 2.45) is 0 Å². The highest BCUT2D eigenvalue weighted by molar-refractivity contribution is 7.97. The Balaban J connectivity index is 1.92. The van der Waals surface area contributed by atoms with E-state index in [0.717, 1.165) is 22.3 Å². The number of fused-ring (bicyclic) bond motifs is 3. The van der Waals surface area contributed by atoms with E-state index in [0.29, 0.717) is 22.7 Å². The second kappa shape index (κ2) is 6.37. The quantitative estimate of drug-likeness (QED) is 0.565. The largest absolute Gasteiger partial charge is 0.338 e. The summed E-state index contributed by atoms with van der Waals surface area (Å²) < 4.78 is 16.3. The number of aromatic nitrogens is 3. The van der Waals surface area contributed by atoms with Crippen molar-refractivity contribution in [3.63, 3.8) is 0 Å². The molecule has 0 spiro atoms. The minimum atomic E-state index is -0.226. The number of halogens is 1. The summed E-state index contributed by atoms with van der Waals surface area (Å²) in [4.78, 5) is 8.91. The molecule has 0 aliphatic heterocycles. The molecular weight excluding hydrogens is 335 g/mol. The summed E-state index contributed by atoms with van der Waals surface area (Å²) in [7, 11) is 0. The SMILES string of the molecule is CSCc1cc2c(cc1F)nc(Nc1ccccc1C)c1cncn12. The number of hydrogen-bond acceptors (Lipinski definition) is 4. The maximum atomic E-state index is 14.4. The van der Waals surface area contributed by atoms with Crippen molar-refractivity contribution in [2.75, 3.05) is 11.6 Å². The van der Waals surface area contributed by atoms with Crippen LogP contribution in [0, 0.1) is 12.7 Å². The molecule has 126 valence electrons. The van der Waals surface area contributed by atoms with Gasteiger partial charge in [0.1, 0.15) is 11.3 Å². The molecule has 4 aromatic rings. The first kappa shape index (κ1) is 15.9. The Labute approximate surface area is 149 Å². The molecule has 0 fully saturated rings. The smallest absolute Gasteiger partial charge is 0.157 e. The molecule has 2 aromatic carbocycles. The van der Waals surface area contributed by atoms with Gasteiger partial charge >= 0.3 is 0 Å². The monoisotopic (exact) mass is 352 g/mol. The van der Waals surface area contributed by atoms with Crippen LogP contribution in [0.4, 0.5) is 15.9 Å². The van der Waals surface area contributed by atoms with Gasteiger partial charge in [-0.25, -0.2) is 14.4 Å². The van der Waals surface area contributed by atoms with Crippen molar-refractivity contribution in [2.45, 2.75) is 12.7 Å². The van der Waals surface area contributed by atoms with Gasteiger partial charge in [0.25, 0.3) is 0 Å². The Morgan fingerprint density at radius 1 is 1.20 bits per heavy atom. The molecule has 0 aliphatic rings. The van der Waals surface area contributed by atoms with Gasteiger partial charge in [-0.1, -0.05) is 18.2 Å². The minimum absolute atomic E-state index is 0.226. The second-order valence-electron chi connectivity index (χ2n) is 5.91. The molecule has 2 heterocycles. The Morgan fingerprint density at radius 3 is 2.84 bits per heavy atom. The molecule has 0 aliphatic carbocycles. The zero-order valence-electron chi connectivity index (χ0n) is 14.0. The third-order valence-electron chi connectivity index (χ3n) is 4.21. The summed E-state index contributed by atoms with van der Waals surface area (Å²) in [6, 6.07) is 11.4. The highest BCUT2D eigenvalue weighted by Crippen LogP contribution is 2.28. The van der Waals surface area contributed by atoms with E-state index in [1.165, 1.54) is 6.07 Å². The number of aryl methyl sites for hydroxylation is 1. The van der Waals surface area contributed by atoms with Crippen molar-refractivity contribution in [3.8, 4) is 0 Å². The van der Waals surface area contributed by atoms with Crippen molar-refractivity contribution in [1.29, 1.82) is 0 Å². The minimum Gasteiger partial charge on any atom is -0.338 e. The fraction of sp³-hybridized carbons (Fsp3) is 0.158. The van der Waals surface area contributed by atoms with Crippen molar-refractivity contribution >= 4 is 39.8 Å². The van der Waals surface area contributed by atoms with Crippen LogP contribution in [0.3, 0.4) is 0 Å². The normalized spacial score (nSPS) is 11.3. The van der Waals surface area contributed by atoms with Crippen molar-refractivity contribution < 1.29 is 4.39 Å². The number of thioether (sulfide) groups is 1. The zero-order valence-corrected chi connectivity index (χ0v) is 14.8. The topological polar surface area (TPSA) is 42.2 Å². The summed E-state index contributed by atoms with van der Waals surface area (Å²) in [6.07, 6.45) is 5.47. The van der Waals surface area contributed by atoms with Crippen LogP contribution in [0.5, 0.6) is 0 Å². The second-order valence-corrected chi connectivity index (χ2v) is 6.78. The van der Waals surface area contributed by atoms with Gasteiger partial charge in [-0.3, -0.25) is 4.40 Å². The fourth-order valence-electron chi connectivity index (χ4n) is 2.92. The third kappa shape index (κ3) is 2.82. The number of rotatable bonds is 4. The van der Waals surface area contributed by atoms with E-state index >= 15 is 0 Å². The molecule has 1 N–H and O–H groups in total. The van der Waals surface area contributed by atoms with Crippen molar-refractivity contribution in [3.05, 3.63) is 65.9 Å². The van der Waals surface area contributed by atoms with Gasteiger partial charge in [0.2, 0.25) is 0 Å². The summed E-state index contributed by atoms with van der Waals surface area (Å²) in [6.45, 7) is 2.03. The first-order valence-corrected chi connectivity index (χ1v) is 9.32. The van der Waals surface area contributed by atoms with E-state index in [9.17, 15) is 4.39 Å². The Bertz CT molecular complexity index is 1070. The van der Waals surface area contributed by atoms with Gasteiger partial charge in [-0.15, -0.1) is 0 Å². The molecular formula is C19H17FN4S. The molecule has 2 aromatic heterocycles. The summed E-state index contributed by atoms with van der Waals surface area (Å²) in [5.41, 5.74) is 5.08. The van der Waals surface area contributed by atoms with Crippen molar-refractivity contribution in [1.82, 2.24) is 14.4 Å². The zero-order chi connectivity index (χ0) is 17.4. The van der Waals surface area contributed by atoms with Crippen LogP contribution >= 0.6 is 11.8 Å². The van der Waals surface area contributed by atoms with Gasteiger partial charge in [0.15, 0.2) is 5.82 Å². The van der Waals surface area contributed by atoms with Crippen LogP contribution in [0.2, 0.25) is 0 Å². The molecule has 0 saturated heterocycles. The molecule has 0 unspecified atom stereocenters. The number of nitrogens with zero attached hydrogens (tertiary/aromatic N) is 3. The predicted molar refractivity (Wildman–Crippen MR) is 102 cm³/mol. The first-order valence-electron chi connectivity index (χ1n) is 7.93. The number of anilines is 2. The van der Waals surface area contributed by atoms with E-state index < -0.39 is 0 Å². The van der Waals surface area contributed by atoms with Crippen LogP contribution in [-0.4, -0.2) is 20.6 Å². The summed E-state index contributed by atoms with van der Waals surface area (Å²) in [5.74, 6) is 1.06. The fourth-order valence-corrected chi connectivity index (χ4v) is 3.45. The molecule has 0 atom stereocenters. The Hall–Kier alpha value is -2.60. The average molecular weight is 352 g/mol. The van der Waals surface area contributed by atoms with E-state index in [-0.39, 0.29) is 5.82 Å². The van der Waals surface area contributed by atoms with E-state index in [1.54, 1.807) is 24.3 Å². The lowest BCUT2D eigenvalue weighted by Crippen LogP contribution is -2.01. The third-order valence-corrected chi connectivity index (χ3v) is 4.81. The number of imidazole rings is 1. The predicted octanol–water partition coefficient (Wildman–Crippen LogP) is 4.94. The highest BCUT2D eigenvalue weighted by atomic mass is 32.2. The van der Waals surface area contributed by atoms with Crippen LogP contribution < -0.4 is 5.32 Å². The average Bonchev–Trinajstić information content (AvgIpc) is 3.08. The van der Waals surface area contributed by atoms with Crippen LogP contribution in [0.15, 0.2) is 48.9 Å². The lowest BCUT2D eigenvalue weighted by molar-refractivity contribution is 0.619. The van der Waals surface area contributed by atoms with Gasteiger partial charge in [0.05, 0.1) is 23.6 Å².